The summed E-state index contributed by atoms with van der Waals surface area (Å²) in [4.78, 5) is -0.294. The molecule has 0 saturated heterocycles. The molecule has 0 spiro atoms. The van der Waals surface area contributed by atoms with Crippen molar-refractivity contribution in [1.82, 2.24) is 0 Å². The van der Waals surface area contributed by atoms with Crippen LogP contribution in [0, 0.1) is 27.7 Å². The first kappa shape index (κ1) is 17.7. The van der Waals surface area contributed by atoms with Crippen LogP contribution >= 0.6 is 0 Å². The van der Waals surface area contributed by atoms with Crippen LogP contribution in [0.3, 0.4) is 0 Å². The molecule has 0 aliphatic heterocycles. The topological polar surface area (TPSA) is 77.5 Å². The van der Waals surface area contributed by atoms with Crippen molar-refractivity contribution in [3.05, 3.63) is 58.7 Å². The Balaban J connectivity index is 2.51. The summed E-state index contributed by atoms with van der Waals surface area (Å²) in [5.74, 6) is 0. The zero-order valence-electron chi connectivity index (χ0n) is 13.3. The highest BCUT2D eigenvalue weighted by atomic mass is 32.3. The number of aryl methyl sites for hydroxylation is 4. The minimum atomic E-state index is -4.44. The quantitative estimate of drug-likeness (QED) is 0.843. The molecule has 0 radical (unpaired) electrons. The van der Waals surface area contributed by atoms with E-state index >= 15 is 0 Å². The summed E-state index contributed by atoms with van der Waals surface area (Å²) in [5.41, 5.74) is 2.24. The molecule has 2 aromatic rings. The van der Waals surface area contributed by atoms with Gasteiger partial charge in [0.2, 0.25) is 0 Å². The molecule has 0 unspecified atom stereocenters. The molecule has 2 aromatic carbocycles. The molecule has 0 aliphatic carbocycles. The van der Waals surface area contributed by atoms with E-state index in [-0.39, 0.29) is 9.79 Å². The van der Waals surface area contributed by atoms with Gasteiger partial charge in [0, 0.05) is 0 Å². The van der Waals surface area contributed by atoms with Crippen LogP contribution in [-0.4, -0.2) is 16.8 Å². The smallest absolute Gasteiger partial charge is 0.193 e. The van der Waals surface area contributed by atoms with E-state index in [4.69, 9.17) is 0 Å². The molecular formula is C16H18O5S2. The summed E-state index contributed by atoms with van der Waals surface area (Å²) < 4.78 is 54.2. The van der Waals surface area contributed by atoms with Crippen LogP contribution in [0.25, 0.3) is 0 Å². The van der Waals surface area contributed by atoms with Crippen LogP contribution in [-0.2, 0) is 23.9 Å². The molecule has 0 fully saturated rings. The third-order valence-electron chi connectivity index (χ3n) is 3.41. The van der Waals surface area contributed by atoms with Crippen LogP contribution in [0.5, 0.6) is 0 Å². The molecule has 0 aromatic heterocycles. The summed E-state index contributed by atoms with van der Waals surface area (Å²) in [5, 5.41) is 0. The first-order chi connectivity index (χ1) is 10.5. The summed E-state index contributed by atoms with van der Waals surface area (Å²) >= 11 is 0. The molecular weight excluding hydrogens is 336 g/mol. The Labute approximate surface area is 137 Å². The molecule has 0 N–H and O–H groups in total. The molecule has 0 aliphatic rings. The second kappa shape index (κ2) is 6.07. The predicted octanol–water partition coefficient (Wildman–Crippen LogP) is 3.01. The Morgan fingerprint density at radius 2 is 1.00 bits per heavy atom. The summed E-state index contributed by atoms with van der Waals surface area (Å²) in [7, 11) is -8.87. The lowest BCUT2D eigenvalue weighted by molar-refractivity contribution is 0.461. The van der Waals surface area contributed by atoms with Crippen molar-refractivity contribution in [3.63, 3.8) is 0 Å². The number of hydrogen-bond acceptors (Lipinski definition) is 5. The van der Waals surface area contributed by atoms with Gasteiger partial charge in [0.25, 0.3) is 0 Å². The largest absolute Gasteiger partial charge is 0.312 e. The number of benzene rings is 2. The zero-order valence-corrected chi connectivity index (χ0v) is 15.0. The van der Waals surface area contributed by atoms with Crippen molar-refractivity contribution in [3.8, 4) is 0 Å². The van der Waals surface area contributed by atoms with Crippen molar-refractivity contribution in [2.24, 2.45) is 0 Å². The van der Waals surface area contributed by atoms with Crippen molar-refractivity contribution in [2.75, 3.05) is 0 Å². The second-order valence-corrected chi connectivity index (χ2v) is 8.75. The van der Waals surface area contributed by atoms with Gasteiger partial charge in [-0.1, -0.05) is 24.3 Å². The Morgan fingerprint density at radius 3 is 1.35 bits per heavy atom. The van der Waals surface area contributed by atoms with Gasteiger partial charge in [-0.05, 0) is 62.1 Å². The van der Waals surface area contributed by atoms with Crippen LogP contribution in [0.15, 0.2) is 46.2 Å². The molecule has 0 bridgehead atoms. The third kappa shape index (κ3) is 3.80. The van der Waals surface area contributed by atoms with Gasteiger partial charge >= 0.3 is 20.2 Å². The zero-order chi connectivity index (χ0) is 17.4. The second-order valence-electron chi connectivity index (χ2n) is 5.51. The van der Waals surface area contributed by atoms with Gasteiger partial charge < -0.3 is 0 Å². The highest BCUT2D eigenvalue weighted by Crippen LogP contribution is 2.25. The molecule has 0 saturated carbocycles. The maximum atomic E-state index is 12.4. The normalized spacial score (nSPS) is 12.3. The van der Waals surface area contributed by atoms with Crippen LogP contribution < -0.4 is 0 Å². The molecule has 2 rings (SSSR count). The van der Waals surface area contributed by atoms with Gasteiger partial charge in [0.1, 0.15) is 0 Å². The molecule has 0 amide bonds. The minimum Gasteiger partial charge on any atom is -0.193 e. The minimum absolute atomic E-state index is 0.147. The molecule has 0 atom stereocenters. The standard InChI is InChI=1S/C16H18O5S2/c1-11-5-7-13(3)15(9-11)22(17,18)21-23(19,20)16-10-12(2)6-8-14(16)4/h5-10H,1-4H3. The van der Waals surface area contributed by atoms with E-state index in [0.29, 0.717) is 22.3 Å². The Kier molecular flexibility index (Phi) is 4.66. The fraction of sp³-hybridized carbons (Fsp3) is 0.250. The maximum Gasteiger partial charge on any atom is 0.312 e. The highest BCUT2D eigenvalue weighted by molar-refractivity contribution is 8.00. The number of rotatable bonds is 4. The van der Waals surface area contributed by atoms with Gasteiger partial charge in [-0.3, -0.25) is 0 Å². The molecule has 5 nitrogen and oxygen atoms in total. The van der Waals surface area contributed by atoms with E-state index in [1.54, 1.807) is 52.0 Å². The van der Waals surface area contributed by atoms with E-state index in [2.05, 4.69) is 3.63 Å². The fourth-order valence-electron chi connectivity index (χ4n) is 2.14. The highest BCUT2D eigenvalue weighted by Gasteiger charge is 2.29. The molecule has 7 heteroatoms. The van der Waals surface area contributed by atoms with Gasteiger partial charge in [0.15, 0.2) is 0 Å². The molecule has 0 heterocycles. The van der Waals surface area contributed by atoms with E-state index < -0.39 is 20.2 Å². The number of hydrogen-bond donors (Lipinski definition) is 0. The lowest BCUT2D eigenvalue weighted by atomic mass is 10.2. The Morgan fingerprint density at radius 1 is 0.652 bits per heavy atom. The monoisotopic (exact) mass is 354 g/mol. The Bertz CT molecular complexity index is 878. The fourth-order valence-corrected chi connectivity index (χ4v) is 5.26. The van der Waals surface area contributed by atoms with Gasteiger partial charge in [0.05, 0.1) is 9.79 Å². The van der Waals surface area contributed by atoms with Crippen molar-refractivity contribution < 1.29 is 20.5 Å². The molecule has 124 valence electrons. The van der Waals surface area contributed by atoms with Crippen LogP contribution in [0.2, 0.25) is 0 Å². The molecule has 23 heavy (non-hydrogen) atoms. The van der Waals surface area contributed by atoms with Crippen molar-refractivity contribution in [2.45, 2.75) is 37.5 Å². The first-order valence-electron chi connectivity index (χ1n) is 6.88. The average Bonchev–Trinajstić information content (AvgIpc) is 2.42. The lowest BCUT2D eigenvalue weighted by Gasteiger charge is -2.11. The predicted molar refractivity (Wildman–Crippen MR) is 87.3 cm³/mol. The van der Waals surface area contributed by atoms with Crippen LogP contribution in [0.4, 0.5) is 0 Å². The summed E-state index contributed by atoms with van der Waals surface area (Å²) in [6.07, 6.45) is 0. The lowest BCUT2D eigenvalue weighted by Crippen LogP contribution is -2.16. The maximum absolute atomic E-state index is 12.4. The van der Waals surface area contributed by atoms with E-state index in [1.165, 1.54) is 12.1 Å². The van der Waals surface area contributed by atoms with E-state index in [9.17, 15) is 16.8 Å². The van der Waals surface area contributed by atoms with E-state index in [1.807, 2.05) is 0 Å². The Hall–Kier alpha value is -1.70. The van der Waals surface area contributed by atoms with Crippen LogP contribution in [0.1, 0.15) is 22.3 Å². The summed E-state index contributed by atoms with van der Waals surface area (Å²) in [6, 6.07) is 9.49. The van der Waals surface area contributed by atoms with Gasteiger partial charge in [-0.25, -0.2) is 0 Å². The third-order valence-corrected chi connectivity index (χ3v) is 6.80. The van der Waals surface area contributed by atoms with Crippen molar-refractivity contribution in [1.29, 1.82) is 0 Å². The summed E-state index contributed by atoms with van der Waals surface area (Å²) in [6.45, 7) is 6.61. The SMILES string of the molecule is Cc1ccc(C)c(S(=O)(=O)OS(=O)(=O)c2cc(C)ccc2C)c1. The average molecular weight is 354 g/mol. The van der Waals surface area contributed by atoms with Gasteiger partial charge in [-0.2, -0.15) is 16.8 Å². The first-order valence-corrected chi connectivity index (χ1v) is 9.70. The van der Waals surface area contributed by atoms with Crippen molar-refractivity contribution >= 4 is 20.2 Å². The van der Waals surface area contributed by atoms with Gasteiger partial charge in [-0.15, -0.1) is 3.63 Å². The van der Waals surface area contributed by atoms with E-state index in [0.717, 1.165) is 0 Å².